The van der Waals surface area contributed by atoms with Crippen LogP contribution in [0.15, 0.2) is 70.6 Å². The fourth-order valence-corrected chi connectivity index (χ4v) is 7.44. The molecule has 5 rings (SSSR count). The third-order valence-corrected chi connectivity index (χ3v) is 8.96. The zero-order valence-corrected chi connectivity index (χ0v) is 19.1. The number of pyridine rings is 2. The minimum absolute atomic E-state index is 0.0567. The SMILES string of the molecule is Cc1ccccc1S(=O)(=O)N1[C@@H]2Cn3c(ccc(-c4cccnc4)c3=O)[C@H]1[C@@H](C(=O)O)[C@@H]2CO. The third kappa shape index (κ3) is 3.21. The Bertz CT molecular complexity index is 1440. The molecule has 0 saturated carbocycles. The number of carboxylic acid groups (broad SMARTS) is 1. The summed E-state index contributed by atoms with van der Waals surface area (Å²) in [5.74, 6) is -3.29. The molecule has 1 saturated heterocycles. The van der Waals surface area contributed by atoms with Gasteiger partial charge in [-0.05, 0) is 36.8 Å². The summed E-state index contributed by atoms with van der Waals surface area (Å²) in [6.45, 7) is 1.10. The first kappa shape index (κ1) is 22.5. The fourth-order valence-electron chi connectivity index (χ4n) is 5.37. The molecule has 10 heteroatoms. The van der Waals surface area contributed by atoms with Gasteiger partial charge in [-0.2, -0.15) is 4.31 Å². The van der Waals surface area contributed by atoms with Crippen LogP contribution in [0.25, 0.3) is 11.1 Å². The van der Waals surface area contributed by atoms with Crippen LogP contribution in [0.4, 0.5) is 0 Å². The number of benzene rings is 1. The van der Waals surface area contributed by atoms with Gasteiger partial charge in [0.1, 0.15) is 0 Å². The van der Waals surface area contributed by atoms with Crippen molar-refractivity contribution in [2.24, 2.45) is 11.8 Å². The lowest BCUT2D eigenvalue weighted by atomic mass is 9.87. The Morgan fingerprint density at radius 1 is 1.15 bits per heavy atom. The standard InChI is InChI=1S/C24H23N3O6S/c1-14-5-2-3-7-20(14)34(32,33)27-19-12-26-18(22(27)21(24(30)31)17(19)13-28)9-8-16(23(26)29)15-6-4-10-25-11-15/h2-11,17,19,21-22,28H,12-13H2,1H3,(H,30,31)/t17-,19-,21+,22+/m1/s1. The van der Waals surface area contributed by atoms with Crippen molar-refractivity contribution in [3.8, 4) is 11.1 Å². The summed E-state index contributed by atoms with van der Waals surface area (Å²) >= 11 is 0. The van der Waals surface area contributed by atoms with E-state index in [1.54, 1.807) is 61.8 Å². The maximum atomic E-state index is 13.8. The highest BCUT2D eigenvalue weighted by molar-refractivity contribution is 7.89. The summed E-state index contributed by atoms with van der Waals surface area (Å²) in [5, 5.41) is 20.2. The number of sulfonamides is 1. The molecule has 0 spiro atoms. The van der Waals surface area contributed by atoms with Gasteiger partial charge in [0, 0.05) is 54.3 Å². The van der Waals surface area contributed by atoms with Gasteiger partial charge in [-0.3, -0.25) is 14.6 Å². The normalized spacial score (nSPS) is 24.1. The van der Waals surface area contributed by atoms with Crippen LogP contribution in [0.1, 0.15) is 17.3 Å². The van der Waals surface area contributed by atoms with Crippen molar-refractivity contribution >= 4 is 16.0 Å². The monoisotopic (exact) mass is 481 g/mol. The van der Waals surface area contributed by atoms with Gasteiger partial charge >= 0.3 is 5.97 Å². The second-order valence-corrected chi connectivity index (χ2v) is 10.5. The molecule has 4 atom stereocenters. The number of rotatable bonds is 5. The Balaban J connectivity index is 1.73. The molecule has 1 aromatic carbocycles. The molecule has 0 aliphatic carbocycles. The Morgan fingerprint density at radius 3 is 2.56 bits per heavy atom. The van der Waals surface area contributed by atoms with E-state index in [9.17, 15) is 28.2 Å². The molecule has 3 aromatic rings. The maximum absolute atomic E-state index is 13.8. The van der Waals surface area contributed by atoms with Crippen LogP contribution in [0, 0.1) is 18.8 Å². The predicted octanol–water partition coefficient (Wildman–Crippen LogP) is 1.66. The quantitative estimate of drug-likeness (QED) is 0.567. The molecule has 4 heterocycles. The van der Waals surface area contributed by atoms with E-state index in [0.717, 1.165) is 0 Å². The second-order valence-electron chi connectivity index (χ2n) is 8.65. The summed E-state index contributed by atoms with van der Waals surface area (Å²) in [5.41, 5.74) is 1.48. The van der Waals surface area contributed by atoms with E-state index in [0.29, 0.717) is 22.4 Å². The van der Waals surface area contributed by atoms with Gasteiger partial charge in [-0.25, -0.2) is 8.42 Å². The van der Waals surface area contributed by atoms with Crippen LogP contribution in [0.2, 0.25) is 0 Å². The molecule has 9 nitrogen and oxygen atoms in total. The van der Waals surface area contributed by atoms with E-state index in [-0.39, 0.29) is 17.0 Å². The first-order valence-electron chi connectivity index (χ1n) is 10.8. The average Bonchev–Trinajstić information content (AvgIpc) is 3.08. The lowest BCUT2D eigenvalue weighted by Crippen LogP contribution is -2.49. The topological polar surface area (TPSA) is 130 Å². The van der Waals surface area contributed by atoms with Crippen molar-refractivity contribution in [3.63, 3.8) is 0 Å². The minimum Gasteiger partial charge on any atom is -0.481 e. The van der Waals surface area contributed by atoms with E-state index in [1.165, 1.54) is 14.9 Å². The number of hydrogen-bond acceptors (Lipinski definition) is 6. The molecule has 34 heavy (non-hydrogen) atoms. The highest BCUT2D eigenvalue weighted by Crippen LogP contribution is 2.51. The van der Waals surface area contributed by atoms with Crippen LogP contribution in [0.3, 0.4) is 0 Å². The number of aryl methyl sites for hydroxylation is 1. The maximum Gasteiger partial charge on any atom is 0.308 e. The number of aromatic nitrogens is 2. The van der Waals surface area contributed by atoms with Crippen LogP contribution in [-0.4, -0.2) is 51.1 Å². The average molecular weight is 482 g/mol. The number of aliphatic carboxylic acids is 1. The van der Waals surface area contributed by atoms with Crippen molar-refractivity contribution in [1.29, 1.82) is 0 Å². The number of carboxylic acids is 1. The van der Waals surface area contributed by atoms with Crippen molar-refractivity contribution in [3.05, 3.63) is 82.5 Å². The highest BCUT2D eigenvalue weighted by atomic mass is 32.2. The van der Waals surface area contributed by atoms with E-state index >= 15 is 0 Å². The molecule has 0 radical (unpaired) electrons. The molecular weight excluding hydrogens is 458 g/mol. The first-order valence-corrected chi connectivity index (χ1v) is 12.3. The van der Waals surface area contributed by atoms with E-state index in [4.69, 9.17) is 0 Å². The smallest absolute Gasteiger partial charge is 0.308 e. The molecule has 2 N–H and O–H groups in total. The van der Waals surface area contributed by atoms with Crippen molar-refractivity contribution in [1.82, 2.24) is 13.9 Å². The lowest BCUT2D eigenvalue weighted by molar-refractivity contribution is -0.144. The predicted molar refractivity (Wildman–Crippen MR) is 122 cm³/mol. The Morgan fingerprint density at radius 2 is 1.91 bits per heavy atom. The summed E-state index contributed by atoms with van der Waals surface area (Å²) in [6, 6.07) is 11.1. The van der Waals surface area contributed by atoms with Crippen molar-refractivity contribution < 1.29 is 23.4 Å². The third-order valence-electron chi connectivity index (χ3n) is 6.89. The number of carbonyl (C=O) groups is 1. The van der Waals surface area contributed by atoms with Gasteiger partial charge in [0.2, 0.25) is 10.0 Å². The number of fused-ring (bicyclic) bond motifs is 4. The highest BCUT2D eigenvalue weighted by Gasteiger charge is 2.60. The second kappa shape index (κ2) is 8.15. The lowest BCUT2D eigenvalue weighted by Gasteiger charge is -2.37. The molecule has 176 valence electrons. The number of aliphatic hydroxyl groups is 1. The van der Waals surface area contributed by atoms with E-state index in [1.807, 2.05) is 0 Å². The molecule has 0 amide bonds. The summed E-state index contributed by atoms with van der Waals surface area (Å²) < 4.78 is 30.3. The van der Waals surface area contributed by atoms with Gasteiger partial charge in [-0.1, -0.05) is 24.3 Å². The molecule has 2 bridgehead atoms. The molecule has 2 aliphatic heterocycles. The molecule has 1 fully saturated rings. The van der Waals surface area contributed by atoms with Crippen LogP contribution in [0.5, 0.6) is 0 Å². The van der Waals surface area contributed by atoms with Crippen molar-refractivity contribution in [2.75, 3.05) is 6.61 Å². The summed E-state index contributed by atoms with van der Waals surface area (Å²) in [6.07, 6.45) is 3.16. The molecule has 2 aromatic heterocycles. The Labute approximate surface area is 196 Å². The number of nitrogens with zero attached hydrogens (tertiary/aromatic N) is 3. The van der Waals surface area contributed by atoms with Crippen LogP contribution in [-0.2, 0) is 21.4 Å². The van der Waals surface area contributed by atoms with Crippen molar-refractivity contribution in [2.45, 2.75) is 30.4 Å². The molecule has 0 unspecified atom stereocenters. The van der Waals surface area contributed by atoms with Gasteiger partial charge in [0.15, 0.2) is 0 Å². The van der Waals surface area contributed by atoms with Gasteiger partial charge < -0.3 is 14.8 Å². The zero-order chi connectivity index (χ0) is 24.2. The Hall–Kier alpha value is -3.34. The Kier molecular flexibility index (Phi) is 5.38. The van der Waals surface area contributed by atoms with Gasteiger partial charge in [-0.15, -0.1) is 0 Å². The number of aliphatic hydroxyl groups excluding tert-OH is 1. The van der Waals surface area contributed by atoms with E-state index < -0.39 is 46.5 Å². The summed E-state index contributed by atoms with van der Waals surface area (Å²) in [7, 11) is -4.12. The molecular formula is C24H23N3O6S. The largest absolute Gasteiger partial charge is 0.481 e. The van der Waals surface area contributed by atoms with E-state index in [2.05, 4.69) is 4.98 Å². The summed E-state index contributed by atoms with van der Waals surface area (Å²) in [4.78, 5) is 29.9. The fraction of sp³-hybridized carbons (Fsp3) is 0.292. The zero-order valence-electron chi connectivity index (χ0n) is 18.3. The van der Waals surface area contributed by atoms with Gasteiger partial charge in [0.25, 0.3) is 5.56 Å². The first-order chi connectivity index (χ1) is 16.3. The molecule has 2 aliphatic rings. The minimum atomic E-state index is -4.12. The van der Waals surface area contributed by atoms with Crippen LogP contribution < -0.4 is 5.56 Å². The van der Waals surface area contributed by atoms with Gasteiger partial charge in [0.05, 0.1) is 16.9 Å². The number of hydrogen-bond donors (Lipinski definition) is 2. The van der Waals surface area contributed by atoms with Crippen LogP contribution >= 0.6 is 0 Å².